The number of urea groups is 1. The van der Waals surface area contributed by atoms with Gasteiger partial charge in [0.25, 0.3) is 0 Å². The van der Waals surface area contributed by atoms with E-state index in [2.05, 4.69) is 26.0 Å². The van der Waals surface area contributed by atoms with Crippen LogP contribution in [0.25, 0.3) is 0 Å². The molecule has 1 atom stereocenters. The highest BCUT2D eigenvalue weighted by Gasteiger charge is 2.33. The Morgan fingerprint density at radius 3 is 2.21 bits per heavy atom. The molecule has 1 aliphatic rings. The Morgan fingerprint density at radius 1 is 1.10 bits per heavy atom. The minimum absolute atomic E-state index is 0.128. The number of hydrogen-bond donors (Lipinski definition) is 0. The highest BCUT2D eigenvalue weighted by molar-refractivity contribution is 5.75. The fourth-order valence-corrected chi connectivity index (χ4v) is 3.13. The molecule has 1 unspecified atom stereocenters. The van der Waals surface area contributed by atoms with Gasteiger partial charge in [0.1, 0.15) is 25.3 Å². The van der Waals surface area contributed by atoms with Crippen LogP contribution in [0.2, 0.25) is 0 Å². The van der Waals surface area contributed by atoms with Crippen LogP contribution in [0.1, 0.15) is 38.2 Å². The Bertz CT molecular complexity index is 633. The van der Waals surface area contributed by atoms with Crippen molar-refractivity contribution in [2.75, 3.05) is 47.4 Å². The molecular weight excluding hydrogens is 376 g/mol. The van der Waals surface area contributed by atoms with Gasteiger partial charge < -0.3 is 18.9 Å². The smallest absolute Gasteiger partial charge is 0.323 e. The standard InChI is InChI=1S/C21H32N2O6/c1-5-16(2)17-6-8-18(9-7-17)28-11-10-20(24)29-19-12-22(14-26-3)21(25)23(13-19)15-27-4/h6-9,16,19H,5,10-15H2,1-4H3. The van der Waals surface area contributed by atoms with E-state index >= 15 is 0 Å². The van der Waals surface area contributed by atoms with Crippen molar-refractivity contribution in [2.24, 2.45) is 0 Å². The lowest BCUT2D eigenvalue weighted by Gasteiger charge is -2.38. The van der Waals surface area contributed by atoms with E-state index in [-0.39, 0.29) is 51.6 Å². The van der Waals surface area contributed by atoms with E-state index in [1.165, 1.54) is 29.6 Å². The Kier molecular flexibility index (Phi) is 9.21. The zero-order valence-corrected chi connectivity index (χ0v) is 17.8. The van der Waals surface area contributed by atoms with Crippen LogP contribution < -0.4 is 4.74 Å². The zero-order chi connectivity index (χ0) is 21.2. The van der Waals surface area contributed by atoms with Crippen LogP contribution in [0.5, 0.6) is 5.75 Å². The summed E-state index contributed by atoms with van der Waals surface area (Å²) in [4.78, 5) is 27.5. The van der Waals surface area contributed by atoms with Crippen LogP contribution in [0.15, 0.2) is 24.3 Å². The lowest BCUT2D eigenvalue weighted by Crippen LogP contribution is -2.57. The predicted molar refractivity (Wildman–Crippen MR) is 108 cm³/mol. The van der Waals surface area contributed by atoms with Crippen molar-refractivity contribution in [3.05, 3.63) is 29.8 Å². The van der Waals surface area contributed by atoms with Crippen LogP contribution in [-0.2, 0) is 19.0 Å². The fourth-order valence-electron chi connectivity index (χ4n) is 3.13. The number of benzene rings is 1. The van der Waals surface area contributed by atoms with Crippen LogP contribution in [0, 0.1) is 0 Å². The van der Waals surface area contributed by atoms with E-state index in [4.69, 9.17) is 18.9 Å². The molecule has 0 saturated carbocycles. The van der Waals surface area contributed by atoms with Crippen LogP contribution in [-0.4, -0.2) is 75.3 Å². The molecule has 0 N–H and O–H groups in total. The minimum atomic E-state index is -0.444. The molecular formula is C21H32N2O6. The number of esters is 1. The molecule has 0 radical (unpaired) electrons. The van der Waals surface area contributed by atoms with Crippen molar-refractivity contribution in [3.8, 4) is 5.75 Å². The molecule has 8 heteroatoms. The Balaban J connectivity index is 1.79. The molecule has 1 heterocycles. The number of carbonyl (C=O) groups excluding carboxylic acids is 2. The Labute approximate surface area is 172 Å². The first-order valence-corrected chi connectivity index (χ1v) is 9.92. The van der Waals surface area contributed by atoms with Gasteiger partial charge in [-0.15, -0.1) is 0 Å². The van der Waals surface area contributed by atoms with Gasteiger partial charge in [0.05, 0.1) is 26.1 Å². The summed E-state index contributed by atoms with van der Waals surface area (Å²) >= 11 is 0. The van der Waals surface area contributed by atoms with E-state index in [9.17, 15) is 9.59 Å². The Hall–Kier alpha value is -2.32. The first-order chi connectivity index (χ1) is 14.0. The molecule has 0 aromatic heterocycles. The maximum atomic E-state index is 12.3. The molecule has 162 valence electrons. The quantitative estimate of drug-likeness (QED) is 0.524. The van der Waals surface area contributed by atoms with Crippen molar-refractivity contribution >= 4 is 12.0 Å². The van der Waals surface area contributed by atoms with Gasteiger partial charge in [-0.05, 0) is 30.0 Å². The van der Waals surface area contributed by atoms with Gasteiger partial charge >= 0.3 is 12.0 Å². The number of carbonyl (C=O) groups is 2. The second-order valence-corrected chi connectivity index (χ2v) is 7.15. The molecule has 1 aromatic rings. The van der Waals surface area contributed by atoms with Gasteiger partial charge in [0.15, 0.2) is 0 Å². The third-order valence-corrected chi connectivity index (χ3v) is 4.89. The van der Waals surface area contributed by atoms with Crippen molar-refractivity contribution < 1.29 is 28.5 Å². The fraction of sp³-hybridized carbons (Fsp3) is 0.619. The maximum absolute atomic E-state index is 12.3. The summed E-state index contributed by atoms with van der Waals surface area (Å²) in [5, 5.41) is 0. The maximum Gasteiger partial charge on any atom is 0.323 e. The second kappa shape index (κ2) is 11.6. The summed E-state index contributed by atoms with van der Waals surface area (Å²) in [6.07, 6.45) is 0.773. The molecule has 1 aromatic carbocycles. The number of hydrogen-bond acceptors (Lipinski definition) is 6. The third-order valence-electron chi connectivity index (χ3n) is 4.89. The highest BCUT2D eigenvalue weighted by atomic mass is 16.6. The van der Waals surface area contributed by atoms with E-state index in [0.717, 1.165) is 12.2 Å². The summed E-state index contributed by atoms with van der Waals surface area (Å²) in [5.74, 6) is 0.873. The van der Waals surface area contributed by atoms with Gasteiger partial charge in [0.2, 0.25) is 0 Å². The van der Waals surface area contributed by atoms with Crippen LogP contribution in [0.4, 0.5) is 4.79 Å². The summed E-state index contributed by atoms with van der Waals surface area (Å²) in [7, 11) is 3.02. The van der Waals surface area contributed by atoms with E-state index in [1.54, 1.807) is 0 Å². The first-order valence-electron chi connectivity index (χ1n) is 9.92. The molecule has 1 fully saturated rings. The third kappa shape index (κ3) is 6.90. The average Bonchev–Trinajstić information content (AvgIpc) is 2.71. The van der Waals surface area contributed by atoms with Crippen molar-refractivity contribution in [1.29, 1.82) is 0 Å². The number of rotatable bonds is 11. The van der Waals surface area contributed by atoms with E-state index in [0.29, 0.717) is 5.92 Å². The average molecular weight is 408 g/mol. The normalized spacial score (nSPS) is 16.1. The molecule has 2 amide bonds. The van der Waals surface area contributed by atoms with Gasteiger partial charge in [-0.25, -0.2) is 4.79 Å². The van der Waals surface area contributed by atoms with Crippen LogP contribution in [0.3, 0.4) is 0 Å². The predicted octanol–water partition coefficient (Wildman–Crippen LogP) is 2.83. The molecule has 0 aliphatic carbocycles. The molecule has 2 rings (SSSR count). The summed E-state index contributed by atoms with van der Waals surface area (Å²) in [6.45, 7) is 5.41. The minimum Gasteiger partial charge on any atom is -0.493 e. The first kappa shape index (κ1) is 23.0. The van der Waals surface area contributed by atoms with Gasteiger partial charge in [-0.2, -0.15) is 0 Å². The summed E-state index contributed by atoms with van der Waals surface area (Å²) < 4.78 is 21.3. The molecule has 1 saturated heterocycles. The largest absolute Gasteiger partial charge is 0.493 e. The topological polar surface area (TPSA) is 77.5 Å². The van der Waals surface area contributed by atoms with Gasteiger partial charge in [-0.3, -0.25) is 14.6 Å². The van der Waals surface area contributed by atoms with Crippen molar-refractivity contribution in [2.45, 2.75) is 38.7 Å². The van der Waals surface area contributed by atoms with Crippen LogP contribution >= 0.6 is 0 Å². The molecule has 29 heavy (non-hydrogen) atoms. The lowest BCUT2D eigenvalue weighted by atomic mass is 9.99. The number of amides is 2. The van der Waals surface area contributed by atoms with E-state index in [1.807, 2.05) is 12.1 Å². The lowest BCUT2D eigenvalue weighted by molar-refractivity contribution is -0.154. The zero-order valence-electron chi connectivity index (χ0n) is 17.8. The molecule has 0 bridgehead atoms. The number of nitrogens with zero attached hydrogens (tertiary/aromatic N) is 2. The molecule has 1 aliphatic heterocycles. The Morgan fingerprint density at radius 2 is 1.69 bits per heavy atom. The summed E-state index contributed by atoms with van der Waals surface area (Å²) in [6, 6.07) is 7.74. The number of ether oxygens (including phenoxy) is 4. The second-order valence-electron chi connectivity index (χ2n) is 7.15. The SMILES string of the molecule is CCC(C)c1ccc(OCCC(=O)OC2CN(COC)C(=O)N(COC)C2)cc1. The van der Waals surface area contributed by atoms with Gasteiger partial charge in [-0.1, -0.05) is 26.0 Å². The summed E-state index contributed by atoms with van der Waals surface area (Å²) in [5.41, 5.74) is 1.27. The van der Waals surface area contributed by atoms with Crippen molar-refractivity contribution in [3.63, 3.8) is 0 Å². The van der Waals surface area contributed by atoms with Gasteiger partial charge in [0, 0.05) is 14.2 Å². The number of methoxy groups -OCH3 is 2. The highest BCUT2D eigenvalue weighted by Crippen LogP contribution is 2.21. The molecule has 8 nitrogen and oxygen atoms in total. The van der Waals surface area contributed by atoms with Crippen molar-refractivity contribution in [1.82, 2.24) is 9.80 Å². The monoisotopic (exact) mass is 408 g/mol. The van der Waals surface area contributed by atoms with E-state index < -0.39 is 6.10 Å². The molecule has 0 spiro atoms.